The van der Waals surface area contributed by atoms with E-state index in [9.17, 15) is 4.79 Å². The molecule has 2 heteroatoms. The molecule has 1 aromatic rings. The van der Waals surface area contributed by atoms with E-state index in [-0.39, 0.29) is 12.4 Å². The Morgan fingerprint density at radius 3 is 2.42 bits per heavy atom. The largest absolute Gasteiger partial charge is 0.392 e. The van der Waals surface area contributed by atoms with Crippen molar-refractivity contribution in [1.29, 1.82) is 0 Å². The quantitative estimate of drug-likeness (QED) is 0.540. The highest BCUT2D eigenvalue weighted by Gasteiger charge is 1.99. The number of hydrogen-bond acceptors (Lipinski definition) is 2. The first-order chi connectivity index (χ1) is 5.77. The lowest BCUT2D eigenvalue weighted by molar-refractivity contribution is 0.104. The fourth-order valence-electron chi connectivity index (χ4n) is 0.892. The van der Waals surface area contributed by atoms with E-state index in [0.717, 1.165) is 5.56 Å². The Labute approximate surface area is 71.2 Å². The zero-order chi connectivity index (χ0) is 8.97. The van der Waals surface area contributed by atoms with Crippen LogP contribution in [0.3, 0.4) is 0 Å². The van der Waals surface area contributed by atoms with Crippen LogP contribution in [0.2, 0.25) is 0 Å². The smallest absolute Gasteiger partial charge is 0.185 e. The van der Waals surface area contributed by atoms with Gasteiger partial charge in [-0.1, -0.05) is 30.8 Å². The molecule has 0 aliphatic heterocycles. The molecule has 0 spiro atoms. The Kier molecular flexibility index (Phi) is 2.77. The van der Waals surface area contributed by atoms with Gasteiger partial charge in [0.05, 0.1) is 6.61 Å². The van der Waals surface area contributed by atoms with Crippen molar-refractivity contribution in [2.75, 3.05) is 0 Å². The van der Waals surface area contributed by atoms with E-state index in [2.05, 4.69) is 6.58 Å². The second-order valence-corrected chi connectivity index (χ2v) is 2.42. The number of aliphatic hydroxyl groups excluding tert-OH is 1. The van der Waals surface area contributed by atoms with Gasteiger partial charge in [0.2, 0.25) is 0 Å². The first-order valence-electron chi connectivity index (χ1n) is 3.64. The first kappa shape index (κ1) is 8.68. The number of benzene rings is 1. The maximum Gasteiger partial charge on any atom is 0.185 e. The van der Waals surface area contributed by atoms with Crippen molar-refractivity contribution in [3.8, 4) is 0 Å². The highest BCUT2D eigenvalue weighted by molar-refractivity contribution is 6.04. The van der Waals surface area contributed by atoms with Crippen LogP contribution < -0.4 is 0 Å². The standard InChI is InChI=1S/C10H10O2/c1-2-10(12)9-5-3-8(7-11)4-6-9/h2-6,11H,1,7H2. The van der Waals surface area contributed by atoms with Gasteiger partial charge in [0.15, 0.2) is 5.78 Å². The SMILES string of the molecule is C=CC(=O)c1ccc(CO)cc1. The Hall–Kier alpha value is -1.41. The van der Waals surface area contributed by atoms with Gasteiger partial charge in [-0.05, 0) is 11.6 Å². The summed E-state index contributed by atoms with van der Waals surface area (Å²) in [5.41, 5.74) is 1.40. The van der Waals surface area contributed by atoms with Gasteiger partial charge in [-0.2, -0.15) is 0 Å². The summed E-state index contributed by atoms with van der Waals surface area (Å²) in [6.45, 7) is 3.38. The molecule has 62 valence electrons. The van der Waals surface area contributed by atoms with Crippen LogP contribution in [0.15, 0.2) is 36.9 Å². The Morgan fingerprint density at radius 2 is 2.00 bits per heavy atom. The summed E-state index contributed by atoms with van der Waals surface area (Å²) < 4.78 is 0. The third kappa shape index (κ3) is 1.80. The summed E-state index contributed by atoms with van der Waals surface area (Å²) in [6, 6.07) is 6.79. The molecule has 12 heavy (non-hydrogen) atoms. The van der Waals surface area contributed by atoms with E-state index in [1.807, 2.05) is 0 Å². The van der Waals surface area contributed by atoms with Crippen molar-refractivity contribution < 1.29 is 9.90 Å². The first-order valence-corrected chi connectivity index (χ1v) is 3.64. The summed E-state index contributed by atoms with van der Waals surface area (Å²) in [5, 5.41) is 8.72. The molecule has 1 N–H and O–H groups in total. The fourth-order valence-corrected chi connectivity index (χ4v) is 0.892. The molecule has 2 nitrogen and oxygen atoms in total. The average molecular weight is 162 g/mol. The van der Waals surface area contributed by atoms with E-state index < -0.39 is 0 Å². The lowest BCUT2D eigenvalue weighted by Crippen LogP contribution is -1.93. The molecule has 1 rings (SSSR count). The minimum atomic E-state index is -0.0977. The summed E-state index contributed by atoms with van der Waals surface area (Å²) in [7, 11) is 0. The minimum absolute atomic E-state index is 0.00254. The van der Waals surface area contributed by atoms with Crippen molar-refractivity contribution in [1.82, 2.24) is 0 Å². The molecule has 0 saturated carbocycles. The van der Waals surface area contributed by atoms with Crippen LogP contribution >= 0.6 is 0 Å². The van der Waals surface area contributed by atoms with Gasteiger partial charge in [0, 0.05) is 5.56 Å². The van der Waals surface area contributed by atoms with E-state index in [1.54, 1.807) is 24.3 Å². The lowest BCUT2D eigenvalue weighted by atomic mass is 10.1. The molecular formula is C10H10O2. The number of aliphatic hydroxyl groups is 1. The van der Waals surface area contributed by atoms with Crippen LogP contribution in [0.5, 0.6) is 0 Å². The molecule has 0 fully saturated rings. The third-order valence-corrected chi connectivity index (χ3v) is 1.61. The third-order valence-electron chi connectivity index (χ3n) is 1.61. The van der Waals surface area contributed by atoms with Crippen molar-refractivity contribution >= 4 is 5.78 Å². The summed E-state index contributed by atoms with van der Waals surface area (Å²) in [5.74, 6) is -0.0977. The predicted molar refractivity (Wildman–Crippen MR) is 46.9 cm³/mol. The molecule has 0 heterocycles. The number of rotatable bonds is 3. The second-order valence-electron chi connectivity index (χ2n) is 2.42. The number of hydrogen-bond donors (Lipinski definition) is 1. The Morgan fingerprint density at radius 1 is 1.42 bits per heavy atom. The van der Waals surface area contributed by atoms with Crippen molar-refractivity contribution in [3.05, 3.63) is 48.0 Å². The zero-order valence-electron chi connectivity index (χ0n) is 6.66. The van der Waals surface area contributed by atoms with Gasteiger partial charge in [-0.25, -0.2) is 0 Å². The molecule has 0 aromatic heterocycles. The van der Waals surface area contributed by atoms with Crippen LogP contribution in [0.4, 0.5) is 0 Å². The summed E-state index contributed by atoms with van der Waals surface area (Å²) in [4.78, 5) is 11.0. The molecule has 1 aromatic carbocycles. The monoisotopic (exact) mass is 162 g/mol. The maximum atomic E-state index is 11.0. The van der Waals surface area contributed by atoms with Crippen LogP contribution in [0, 0.1) is 0 Å². The van der Waals surface area contributed by atoms with E-state index >= 15 is 0 Å². The normalized spacial score (nSPS) is 9.42. The van der Waals surface area contributed by atoms with Gasteiger partial charge in [-0.15, -0.1) is 0 Å². The molecule has 0 atom stereocenters. The molecule has 0 aliphatic rings. The second kappa shape index (κ2) is 3.83. The van der Waals surface area contributed by atoms with Crippen molar-refractivity contribution in [2.45, 2.75) is 6.61 Å². The van der Waals surface area contributed by atoms with Crippen molar-refractivity contribution in [3.63, 3.8) is 0 Å². The van der Waals surface area contributed by atoms with Crippen molar-refractivity contribution in [2.24, 2.45) is 0 Å². The molecule has 0 saturated heterocycles. The van der Waals surface area contributed by atoms with E-state index in [0.29, 0.717) is 5.56 Å². The van der Waals surface area contributed by atoms with E-state index in [1.165, 1.54) is 6.08 Å². The molecular weight excluding hydrogens is 152 g/mol. The lowest BCUT2D eigenvalue weighted by Gasteiger charge is -1.97. The van der Waals surface area contributed by atoms with Gasteiger partial charge in [0.1, 0.15) is 0 Å². The van der Waals surface area contributed by atoms with Crippen LogP contribution in [0.1, 0.15) is 15.9 Å². The van der Waals surface area contributed by atoms with Gasteiger partial charge in [0.25, 0.3) is 0 Å². The molecule has 0 unspecified atom stereocenters. The van der Waals surface area contributed by atoms with Crippen LogP contribution in [-0.4, -0.2) is 10.9 Å². The Bertz CT molecular complexity index is 285. The Balaban J connectivity index is 2.91. The van der Waals surface area contributed by atoms with Crippen LogP contribution in [-0.2, 0) is 6.61 Å². The molecule has 0 radical (unpaired) electrons. The highest BCUT2D eigenvalue weighted by Crippen LogP contribution is 2.05. The van der Waals surface area contributed by atoms with E-state index in [4.69, 9.17) is 5.11 Å². The average Bonchev–Trinajstić information content (AvgIpc) is 2.17. The number of carbonyl (C=O) groups is 1. The topological polar surface area (TPSA) is 37.3 Å². The van der Waals surface area contributed by atoms with Gasteiger partial charge < -0.3 is 5.11 Å². The number of carbonyl (C=O) groups excluding carboxylic acids is 1. The minimum Gasteiger partial charge on any atom is -0.392 e. The number of ketones is 1. The predicted octanol–water partition coefficient (Wildman–Crippen LogP) is 1.55. The molecule has 0 bridgehead atoms. The molecule has 0 amide bonds. The fraction of sp³-hybridized carbons (Fsp3) is 0.100. The highest BCUT2D eigenvalue weighted by atomic mass is 16.3. The van der Waals surface area contributed by atoms with Crippen LogP contribution in [0.25, 0.3) is 0 Å². The molecule has 0 aliphatic carbocycles. The summed E-state index contributed by atoms with van der Waals surface area (Å²) in [6.07, 6.45) is 1.27. The van der Waals surface area contributed by atoms with Gasteiger partial charge >= 0.3 is 0 Å². The number of allylic oxidation sites excluding steroid dienone is 1. The van der Waals surface area contributed by atoms with Gasteiger partial charge in [-0.3, -0.25) is 4.79 Å². The summed E-state index contributed by atoms with van der Waals surface area (Å²) >= 11 is 0. The maximum absolute atomic E-state index is 11.0. The zero-order valence-corrected chi connectivity index (χ0v) is 6.66.